The summed E-state index contributed by atoms with van der Waals surface area (Å²) in [4.78, 5) is 4.28. The van der Waals surface area contributed by atoms with Gasteiger partial charge >= 0.3 is 0 Å². The van der Waals surface area contributed by atoms with Gasteiger partial charge in [0.1, 0.15) is 5.82 Å². The van der Waals surface area contributed by atoms with Gasteiger partial charge in [0.25, 0.3) is 0 Å². The van der Waals surface area contributed by atoms with Gasteiger partial charge in [-0.25, -0.2) is 9.99 Å². The van der Waals surface area contributed by atoms with E-state index >= 15 is 0 Å². The quantitative estimate of drug-likeness (QED) is 0.442. The van der Waals surface area contributed by atoms with Gasteiger partial charge in [-0.3, -0.25) is 0 Å². The zero-order chi connectivity index (χ0) is 12.6. The lowest BCUT2D eigenvalue weighted by Gasteiger charge is -2.16. The van der Waals surface area contributed by atoms with Crippen LogP contribution in [0.15, 0.2) is 23.4 Å². The summed E-state index contributed by atoms with van der Waals surface area (Å²) in [6.07, 6.45) is 9.81. The first-order valence-corrected chi connectivity index (χ1v) is 5.19. The summed E-state index contributed by atoms with van der Waals surface area (Å²) in [7, 11) is 0. The maximum atomic E-state index is 4.39. The molecule has 3 heteroatoms. The number of pyridine rings is 1. The third kappa shape index (κ3) is 4.61. The molecule has 16 heavy (non-hydrogen) atoms. The summed E-state index contributed by atoms with van der Waals surface area (Å²) in [6, 6.07) is 4.02. The van der Waals surface area contributed by atoms with E-state index in [4.69, 9.17) is 0 Å². The van der Waals surface area contributed by atoms with Crippen LogP contribution in [0.5, 0.6) is 0 Å². The van der Waals surface area contributed by atoms with Crippen LogP contribution in [-0.4, -0.2) is 17.2 Å². The number of terminal acetylenes is 1. The van der Waals surface area contributed by atoms with E-state index < -0.39 is 0 Å². The van der Waals surface area contributed by atoms with Gasteiger partial charge in [-0.05, 0) is 45.4 Å². The summed E-state index contributed by atoms with van der Waals surface area (Å²) in [5.74, 6) is 0.911. The van der Waals surface area contributed by atoms with Crippen LogP contribution in [0, 0.1) is 19.8 Å². The topological polar surface area (TPSA) is 28.5 Å². The Balaban J connectivity index is 0.00000106. The van der Waals surface area contributed by atoms with Gasteiger partial charge < -0.3 is 0 Å². The number of nitrogens with zero attached hydrogens (tertiary/aromatic N) is 3. The number of anilines is 1. The van der Waals surface area contributed by atoms with E-state index in [0.29, 0.717) is 0 Å². The molecule has 0 N–H and O–H groups in total. The first kappa shape index (κ1) is 14.2. The number of aromatic nitrogens is 1. The number of aryl methyl sites for hydroxylation is 1. The minimum absolute atomic E-state index is 0.835. The summed E-state index contributed by atoms with van der Waals surface area (Å²) >= 11 is 0. The van der Waals surface area contributed by atoms with Crippen LogP contribution in [-0.2, 0) is 0 Å². The summed E-state index contributed by atoms with van der Waals surface area (Å²) in [5, 5.41) is 6.30. The van der Waals surface area contributed by atoms with Crippen molar-refractivity contribution in [3.05, 3.63) is 23.9 Å². The molecule has 0 fully saturated rings. The van der Waals surface area contributed by atoms with Gasteiger partial charge in [0.2, 0.25) is 0 Å². The molecule has 0 radical (unpaired) electrons. The van der Waals surface area contributed by atoms with Gasteiger partial charge in [0.05, 0.1) is 0 Å². The third-order valence-electron chi connectivity index (χ3n) is 1.79. The van der Waals surface area contributed by atoms with Crippen molar-refractivity contribution in [3.63, 3.8) is 0 Å². The second kappa shape index (κ2) is 7.47. The van der Waals surface area contributed by atoms with Gasteiger partial charge in [-0.15, -0.1) is 12.8 Å². The monoisotopic (exact) mass is 217 g/mol. The highest BCUT2D eigenvalue weighted by molar-refractivity contribution is 5.80. The number of hydrogen-bond acceptors (Lipinski definition) is 3. The molecular formula is C13H19N3. The first-order chi connectivity index (χ1) is 7.63. The van der Waals surface area contributed by atoms with E-state index in [9.17, 15) is 0 Å². The van der Waals surface area contributed by atoms with Gasteiger partial charge in [0, 0.05) is 18.5 Å². The molecule has 0 aliphatic rings. The molecule has 1 aromatic heterocycles. The van der Waals surface area contributed by atoms with E-state index in [2.05, 4.69) is 36.8 Å². The predicted octanol–water partition coefficient (Wildman–Crippen LogP) is 2.86. The molecule has 86 valence electrons. The lowest BCUT2D eigenvalue weighted by molar-refractivity contribution is 0.866. The lowest BCUT2D eigenvalue weighted by atomic mass is 10.3. The predicted molar refractivity (Wildman–Crippen MR) is 70.7 cm³/mol. The molecule has 0 aliphatic heterocycles. The lowest BCUT2D eigenvalue weighted by Crippen LogP contribution is -2.18. The average molecular weight is 217 g/mol. The first-order valence-electron chi connectivity index (χ1n) is 5.19. The molecule has 0 atom stereocenters. The van der Waals surface area contributed by atoms with Crippen LogP contribution in [0.1, 0.15) is 26.3 Å². The Morgan fingerprint density at radius 2 is 2.06 bits per heavy atom. The van der Waals surface area contributed by atoms with Crippen LogP contribution in [0.2, 0.25) is 0 Å². The maximum absolute atomic E-state index is 4.39. The molecule has 0 aliphatic carbocycles. The van der Waals surface area contributed by atoms with Crippen molar-refractivity contribution >= 4 is 11.5 Å². The molecule has 0 amide bonds. The van der Waals surface area contributed by atoms with Crippen molar-refractivity contribution in [1.29, 1.82) is 0 Å². The largest absolute Gasteiger partial charge is 0.248 e. The standard InChI is InChI=1S/C11H17N3.C2H2/c1-5-14(13-9(2)3)11-8-10(4)6-7-12-11;1-2/h6-8H,5H2,1-4H3;1-2H. The van der Waals surface area contributed by atoms with Crippen LogP contribution in [0.3, 0.4) is 0 Å². The Morgan fingerprint density at radius 3 is 2.50 bits per heavy atom. The van der Waals surface area contributed by atoms with E-state index in [1.54, 1.807) is 0 Å². The minimum Gasteiger partial charge on any atom is -0.248 e. The highest BCUT2D eigenvalue weighted by Gasteiger charge is 2.02. The Kier molecular flexibility index (Phi) is 6.62. The number of rotatable bonds is 3. The zero-order valence-electron chi connectivity index (χ0n) is 10.4. The molecule has 0 saturated carbocycles. The normalized spacial score (nSPS) is 8.62. The highest BCUT2D eigenvalue weighted by Crippen LogP contribution is 2.12. The number of hydrazone groups is 1. The molecule has 3 nitrogen and oxygen atoms in total. The zero-order valence-corrected chi connectivity index (χ0v) is 10.4. The summed E-state index contributed by atoms with van der Waals surface area (Å²) in [6.45, 7) is 8.93. The smallest absolute Gasteiger partial charge is 0.148 e. The fraction of sp³-hybridized carbons (Fsp3) is 0.385. The average Bonchev–Trinajstić information content (AvgIpc) is 2.28. The van der Waals surface area contributed by atoms with Gasteiger partial charge in [0.15, 0.2) is 0 Å². The van der Waals surface area contributed by atoms with Crippen molar-refractivity contribution in [2.45, 2.75) is 27.7 Å². The third-order valence-corrected chi connectivity index (χ3v) is 1.79. The van der Waals surface area contributed by atoms with E-state index in [0.717, 1.165) is 18.1 Å². The van der Waals surface area contributed by atoms with Gasteiger partial charge in [-0.1, -0.05) is 0 Å². The minimum atomic E-state index is 0.835. The highest BCUT2D eigenvalue weighted by atomic mass is 15.5. The van der Waals surface area contributed by atoms with E-state index in [-0.39, 0.29) is 0 Å². The summed E-state index contributed by atoms with van der Waals surface area (Å²) in [5.41, 5.74) is 2.24. The Bertz CT molecular complexity index is 362. The second-order valence-electron chi connectivity index (χ2n) is 3.45. The van der Waals surface area contributed by atoms with Crippen molar-refractivity contribution in [3.8, 4) is 12.8 Å². The molecule has 0 spiro atoms. The SMILES string of the molecule is C#C.CCN(N=C(C)C)c1cc(C)ccn1. The summed E-state index contributed by atoms with van der Waals surface area (Å²) < 4.78 is 0. The van der Waals surface area contributed by atoms with Crippen molar-refractivity contribution in [2.24, 2.45) is 5.10 Å². The number of hydrogen-bond donors (Lipinski definition) is 0. The van der Waals surface area contributed by atoms with Crippen LogP contribution >= 0.6 is 0 Å². The van der Waals surface area contributed by atoms with Crippen molar-refractivity contribution < 1.29 is 0 Å². The molecule has 0 bridgehead atoms. The van der Waals surface area contributed by atoms with Crippen molar-refractivity contribution in [2.75, 3.05) is 11.6 Å². The molecule has 1 heterocycles. The Hall–Kier alpha value is -1.82. The maximum Gasteiger partial charge on any atom is 0.148 e. The van der Waals surface area contributed by atoms with E-state index in [1.807, 2.05) is 37.2 Å². The molecule has 0 aromatic carbocycles. The molecule has 1 rings (SSSR count). The Morgan fingerprint density at radius 1 is 1.44 bits per heavy atom. The van der Waals surface area contributed by atoms with Crippen LogP contribution < -0.4 is 5.01 Å². The molecular weight excluding hydrogens is 198 g/mol. The van der Waals surface area contributed by atoms with Crippen LogP contribution in [0.25, 0.3) is 0 Å². The van der Waals surface area contributed by atoms with Gasteiger partial charge in [-0.2, -0.15) is 5.10 Å². The fourth-order valence-electron chi connectivity index (χ4n) is 1.19. The molecule has 1 aromatic rings. The Labute approximate surface area is 98.2 Å². The van der Waals surface area contributed by atoms with Crippen molar-refractivity contribution in [1.82, 2.24) is 4.98 Å². The van der Waals surface area contributed by atoms with Crippen LogP contribution in [0.4, 0.5) is 5.82 Å². The van der Waals surface area contributed by atoms with E-state index in [1.165, 1.54) is 5.56 Å². The molecule has 0 unspecified atom stereocenters. The molecule has 0 saturated heterocycles. The fourth-order valence-corrected chi connectivity index (χ4v) is 1.19. The second-order valence-corrected chi connectivity index (χ2v) is 3.45.